The highest BCUT2D eigenvalue weighted by Crippen LogP contribution is 2.39. The van der Waals surface area contributed by atoms with Crippen LogP contribution in [0, 0.1) is 18.3 Å². The summed E-state index contributed by atoms with van der Waals surface area (Å²) in [6, 6.07) is 1.84. The van der Waals surface area contributed by atoms with Gasteiger partial charge in [0.2, 0.25) is 5.91 Å². The van der Waals surface area contributed by atoms with Gasteiger partial charge in [-0.1, -0.05) is 13.8 Å². The average Bonchev–Trinajstić information content (AvgIpc) is 2.39. The fourth-order valence-electron chi connectivity index (χ4n) is 2.79. The molecule has 4 nitrogen and oxygen atoms in total. The zero-order chi connectivity index (χ0) is 14.6. The van der Waals surface area contributed by atoms with E-state index in [9.17, 15) is 4.79 Å². The van der Waals surface area contributed by atoms with E-state index in [1.54, 1.807) is 6.20 Å². The number of carbonyl (C=O) groups excluding carboxylic acids is 1. The first-order chi connectivity index (χ1) is 9.44. The number of amides is 1. The Hall–Kier alpha value is -1.45. The normalized spacial score (nSPS) is 18.8. The molecule has 1 fully saturated rings. The first-order valence-electron chi connectivity index (χ1n) is 7.50. The second kappa shape index (κ2) is 6.33. The minimum atomic E-state index is 0.144. The van der Waals surface area contributed by atoms with Crippen LogP contribution in [0.3, 0.4) is 0 Å². The van der Waals surface area contributed by atoms with Gasteiger partial charge in [-0.3, -0.25) is 4.79 Å². The van der Waals surface area contributed by atoms with Gasteiger partial charge in [-0.2, -0.15) is 0 Å². The molecule has 0 bridgehead atoms. The summed E-state index contributed by atoms with van der Waals surface area (Å²) < 4.78 is 0. The Kier molecular flexibility index (Phi) is 4.73. The fraction of sp³-hybridized carbons (Fsp3) is 0.688. The van der Waals surface area contributed by atoms with Gasteiger partial charge in [0.15, 0.2) is 0 Å². The minimum Gasteiger partial charge on any atom is -0.350 e. The van der Waals surface area contributed by atoms with Gasteiger partial charge in [0.1, 0.15) is 5.82 Å². The topological polar surface area (TPSA) is 54.9 Å². The van der Waals surface area contributed by atoms with E-state index in [-0.39, 0.29) is 5.91 Å². The molecular formula is C16H25N3O. The van der Waals surface area contributed by atoms with Gasteiger partial charge in [0, 0.05) is 12.6 Å². The summed E-state index contributed by atoms with van der Waals surface area (Å²) >= 11 is 0. The molecule has 1 heterocycles. The minimum absolute atomic E-state index is 0.144. The molecular weight excluding hydrogens is 250 g/mol. The van der Waals surface area contributed by atoms with E-state index >= 15 is 0 Å². The van der Waals surface area contributed by atoms with Crippen LogP contribution in [0.5, 0.6) is 0 Å². The predicted octanol–water partition coefficient (Wildman–Crippen LogP) is 3.01. The molecule has 0 radical (unpaired) electrons. The highest BCUT2D eigenvalue weighted by molar-refractivity contribution is 5.76. The molecule has 1 aliphatic carbocycles. The lowest BCUT2D eigenvalue weighted by atomic mass is 9.72. The zero-order valence-corrected chi connectivity index (χ0v) is 12.8. The van der Waals surface area contributed by atoms with E-state index in [1.807, 2.05) is 13.0 Å². The molecule has 1 amide bonds. The van der Waals surface area contributed by atoms with Crippen molar-refractivity contribution < 1.29 is 4.79 Å². The smallest absolute Gasteiger partial charge is 0.220 e. The number of aromatic nitrogens is 2. The maximum atomic E-state index is 12.0. The summed E-state index contributed by atoms with van der Waals surface area (Å²) in [6.45, 7) is 7.00. The van der Waals surface area contributed by atoms with Gasteiger partial charge < -0.3 is 5.32 Å². The van der Waals surface area contributed by atoms with Crippen molar-refractivity contribution in [2.45, 2.75) is 59.4 Å². The third kappa shape index (κ3) is 4.58. The second-order valence-corrected chi connectivity index (χ2v) is 6.68. The van der Waals surface area contributed by atoms with Crippen molar-refractivity contribution in [2.75, 3.05) is 0 Å². The molecule has 2 rings (SSSR count). The van der Waals surface area contributed by atoms with Gasteiger partial charge in [0.05, 0.1) is 12.2 Å². The molecule has 1 N–H and O–H groups in total. The second-order valence-electron chi connectivity index (χ2n) is 6.68. The summed E-state index contributed by atoms with van der Waals surface area (Å²) in [5, 5.41) is 2.96. The van der Waals surface area contributed by atoms with E-state index in [0.717, 1.165) is 11.5 Å². The van der Waals surface area contributed by atoms with E-state index in [1.165, 1.54) is 25.7 Å². The third-order valence-corrected chi connectivity index (χ3v) is 4.23. The lowest BCUT2D eigenvalue weighted by molar-refractivity contribution is -0.122. The van der Waals surface area contributed by atoms with Crippen LogP contribution in [0.25, 0.3) is 0 Å². The third-order valence-electron chi connectivity index (χ3n) is 4.23. The average molecular weight is 275 g/mol. The molecule has 0 spiro atoms. The van der Waals surface area contributed by atoms with Crippen LogP contribution in [0.2, 0.25) is 0 Å². The van der Waals surface area contributed by atoms with Crippen molar-refractivity contribution in [1.82, 2.24) is 15.3 Å². The Bertz CT molecular complexity index is 461. The number of hydrogen-bond donors (Lipinski definition) is 1. The monoisotopic (exact) mass is 275 g/mol. The number of nitrogens with one attached hydrogen (secondary N) is 1. The Balaban J connectivity index is 1.73. The lowest BCUT2D eigenvalue weighted by Crippen LogP contribution is -2.28. The SMILES string of the molecule is Cc1nccc(CNC(=O)CC2CCC(C)(C)CC2)n1. The highest BCUT2D eigenvalue weighted by atomic mass is 16.1. The van der Waals surface area contributed by atoms with Crippen LogP contribution < -0.4 is 5.32 Å². The number of hydrogen-bond acceptors (Lipinski definition) is 3. The molecule has 4 heteroatoms. The summed E-state index contributed by atoms with van der Waals surface area (Å²) in [5.41, 5.74) is 1.33. The first-order valence-corrected chi connectivity index (χ1v) is 7.50. The molecule has 0 atom stereocenters. The highest BCUT2D eigenvalue weighted by Gasteiger charge is 2.27. The molecule has 1 saturated carbocycles. The first kappa shape index (κ1) is 14.9. The van der Waals surface area contributed by atoms with E-state index in [2.05, 4.69) is 29.1 Å². The predicted molar refractivity (Wildman–Crippen MR) is 79.0 cm³/mol. The quantitative estimate of drug-likeness (QED) is 0.919. The molecule has 110 valence electrons. The van der Waals surface area contributed by atoms with Crippen LogP contribution in [0.15, 0.2) is 12.3 Å². The molecule has 1 aromatic heterocycles. The molecule has 0 aromatic carbocycles. The van der Waals surface area contributed by atoms with Crippen LogP contribution in [0.4, 0.5) is 0 Å². The lowest BCUT2D eigenvalue weighted by Gasteiger charge is -2.34. The van der Waals surface area contributed by atoms with Gasteiger partial charge in [-0.05, 0) is 50.0 Å². The molecule has 0 unspecified atom stereocenters. The van der Waals surface area contributed by atoms with Crippen molar-refractivity contribution in [2.24, 2.45) is 11.3 Å². The standard InChI is InChI=1S/C16H25N3O/c1-12-17-9-6-14(19-12)11-18-15(20)10-13-4-7-16(2,3)8-5-13/h6,9,13H,4-5,7-8,10-11H2,1-3H3,(H,18,20). The summed E-state index contributed by atoms with van der Waals surface area (Å²) in [6.07, 6.45) is 7.19. The number of aryl methyl sites for hydroxylation is 1. The zero-order valence-electron chi connectivity index (χ0n) is 12.8. The summed E-state index contributed by atoms with van der Waals surface area (Å²) in [5.74, 6) is 1.44. The number of rotatable bonds is 4. The maximum Gasteiger partial charge on any atom is 0.220 e. The number of carbonyl (C=O) groups is 1. The van der Waals surface area contributed by atoms with Gasteiger partial charge >= 0.3 is 0 Å². The van der Waals surface area contributed by atoms with Crippen molar-refractivity contribution in [3.63, 3.8) is 0 Å². The van der Waals surface area contributed by atoms with Crippen molar-refractivity contribution >= 4 is 5.91 Å². The molecule has 0 aliphatic heterocycles. The van der Waals surface area contributed by atoms with Crippen molar-refractivity contribution in [3.8, 4) is 0 Å². The Morgan fingerprint density at radius 1 is 1.40 bits per heavy atom. The van der Waals surface area contributed by atoms with Gasteiger partial charge in [0.25, 0.3) is 0 Å². The van der Waals surface area contributed by atoms with Crippen LogP contribution >= 0.6 is 0 Å². The van der Waals surface area contributed by atoms with Crippen molar-refractivity contribution in [3.05, 3.63) is 23.8 Å². The van der Waals surface area contributed by atoms with Crippen LogP contribution in [0.1, 0.15) is 57.5 Å². The fourth-order valence-corrected chi connectivity index (χ4v) is 2.79. The summed E-state index contributed by atoms with van der Waals surface area (Å²) in [7, 11) is 0. The largest absolute Gasteiger partial charge is 0.350 e. The van der Waals surface area contributed by atoms with E-state index in [4.69, 9.17) is 0 Å². The van der Waals surface area contributed by atoms with Gasteiger partial charge in [-0.15, -0.1) is 0 Å². The molecule has 20 heavy (non-hydrogen) atoms. The summed E-state index contributed by atoms with van der Waals surface area (Å²) in [4.78, 5) is 20.3. The van der Waals surface area contributed by atoms with Crippen LogP contribution in [-0.2, 0) is 11.3 Å². The Labute approximate surface area is 121 Å². The van der Waals surface area contributed by atoms with Crippen LogP contribution in [-0.4, -0.2) is 15.9 Å². The maximum absolute atomic E-state index is 12.0. The molecule has 1 aromatic rings. The van der Waals surface area contributed by atoms with E-state index in [0.29, 0.717) is 24.3 Å². The molecule has 0 saturated heterocycles. The molecule has 1 aliphatic rings. The Morgan fingerprint density at radius 2 is 2.10 bits per heavy atom. The number of nitrogens with zero attached hydrogens (tertiary/aromatic N) is 2. The van der Waals surface area contributed by atoms with E-state index < -0.39 is 0 Å². The van der Waals surface area contributed by atoms with Gasteiger partial charge in [-0.25, -0.2) is 9.97 Å². The Morgan fingerprint density at radius 3 is 2.75 bits per heavy atom. The van der Waals surface area contributed by atoms with Crippen molar-refractivity contribution in [1.29, 1.82) is 0 Å².